The topological polar surface area (TPSA) is 67.8 Å². The number of hydrogen-bond donors (Lipinski definition) is 2. The van der Waals surface area contributed by atoms with Crippen molar-refractivity contribution >= 4 is 5.84 Å². The summed E-state index contributed by atoms with van der Waals surface area (Å²) in [4.78, 5) is 0. The van der Waals surface area contributed by atoms with E-state index in [2.05, 4.69) is 9.89 Å². The molecule has 14 heavy (non-hydrogen) atoms. The van der Waals surface area contributed by atoms with Crippen molar-refractivity contribution in [1.29, 1.82) is 0 Å². The monoisotopic (exact) mass is 202 g/mol. The number of benzene rings is 1. The second-order valence-electron chi connectivity index (χ2n) is 2.45. The van der Waals surface area contributed by atoms with Gasteiger partial charge < -0.3 is 15.7 Å². The van der Waals surface area contributed by atoms with Crippen molar-refractivity contribution in [3.05, 3.63) is 29.3 Å². The zero-order valence-corrected chi connectivity index (χ0v) is 7.29. The minimum Gasteiger partial charge on any atom is -0.494 e. The highest BCUT2D eigenvalue weighted by Crippen LogP contribution is 2.20. The van der Waals surface area contributed by atoms with Crippen LogP contribution in [0.25, 0.3) is 0 Å². The molecule has 0 spiro atoms. The van der Waals surface area contributed by atoms with E-state index in [4.69, 9.17) is 10.9 Å². The van der Waals surface area contributed by atoms with Crippen molar-refractivity contribution in [1.82, 2.24) is 0 Å². The minimum absolute atomic E-state index is 0.239. The van der Waals surface area contributed by atoms with Gasteiger partial charge in [0, 0.05) is 6.07 Å². The van der Waals surface area contributed by atoms with Crippen LogP contribution in [0.1, 0.15) is 5.56 Å². The van der Waals surface area contributed by atoms with Gasteiger partial charge in [0.25, 0.3) is 0 Å². The summed E-state index contributed by atoms with van der Waals surface area (Å²) in [5.41, 5.74) is 4.79. The van der Waals surface area contributed by atoms with Crippen LogP contribution in [0.15, 0.2) is 17.3 Å². The van der Waals surface area contributed by atoms with E-state index in [1.807, 2.05) is 0 Å². The number of ether oxygens (including phenoxy) is 1. The Morgan fingerprint density at radius 3 is 2.57 bits per heavy atom. The van der Waals surface area contributed by atoms with E-state index in [0.29, 0.717) is 0 Å². The molecular weight excluding hydrogens is 194 g/mol. The predicted molar refractivity (Wildman–Crippen MR) is 45.4 cm³/mol. The quantitative estimate of drug-likeness (QED) is 0.326. The Hall–Kier alpha value is -1.85. The van der Waals surface area contributed by atoms with Gasteiger partial charge in [-0.1, -0.05) is 5.16 Å². The average Bonchev–Trinajstić information content (AvgIpc) is 2.19. The third-order valence-electron chi connectivity index (χ3n) is 1.63. The number of oxime groups is 1. The van der Waals surface area contributed by atoms with Gasteiger partial charge in [0.1, 0.15) is 5.82 Å². The Balaban J connectivity index is 3.29. The number of nitrogens with zero attached hydrogens (tertiary/aromatic N) is 1. The van der Waals surface area contributed by atoms with Crippen LogP contribution in [0, 0.1) is 11.6 Å². The largest absolute Gasteiger partial charge is 0.494 e. The van der Waals surface area contributed by atoms with E-state index in [0.717, 1.165) is 12.1 Å². The van der Waals surface area contributed by atoms with Crippen LogP contribution in [0.2, 0.25) is 0 Å². The smallest absolute Gasteiger partial charge is 0.173 e. The van der Waals surface area contributed by atoms with Crippen molar-refractivity contribution in [2.24, 2.45) is 10.9 Å². The Kier molecular flexibility index (Phi) is 2.85. The van der Waals surface area contributed by atoms with Gasteiger partial charge in [-0.15, -0.1) is 0 Å². The molecule has 0 amide bonds. The van der Waals surface area contributed by atoms with Crippen LogP contribution >= 0.6 is 0 Å². The molecule has 1 aromatic rings. The SMILES string of the molecule is COc1cc(F)c(/C(N)=N/O)cc1F. The molecule has 0 heterocycles. The summed E-state index contributed by atoms with van der Waals surface area (Å²) >= 11 is 0. The van der Waals surface area contributed by atoms with Crippen LogP contribution < -0.4 is 10.5 Å². The third kappa shape index (κ3) is 1.73. The molecule has 3 N–H and O–H groups in total. The van der Waals surface area contributed by atoms with Gasteiger partial charge in [0.05, 0.1) is 12.7 Å². The van der Waals surface area contributed by atoms with Crippen LogP contribution in [0.3, 0.4) is 0 Å². The highest BCUT2D eigenvalue weighted by molar-refractivity contribution is 5.97. The van der Waals surface area contributed by atoms with Gasteiger partial charge in [0.15, 0.2) is 17.4 Å². The number of nitrogens with two attached hydrogens (primary N) is 1. The fourth-order valence-corrected chi connectivity index (χ4v) is 0.935. The molecule has 0 bridgehead atoms. The van der Waals surface area contributed by atoms with Crippen LogP contribution in [-0.2, 0) is 0 Å². The molecule has 0 aliphatic heterocycles. The van der Waals surface area contributed by atoms with Crippen molar-refractivity contribution in [3.8, 4) is 5.75 Å². The molecule has 4 nitrogen and oxygen atoms in total. The predicted octanol–water partition coefficient (Wildman–Crippen LogP) is 1.07. The zero-order chi connectivity index (χ0) is 10.7. The number of amidine groups is 1. The molecule has 0 saturated heterocycles. The molecule has 0 aromatic heterocycles. The molecule has 1 aromatic carbocycles. The highest BCUT2D eigenvalue weighted by atomic mass is 19.1. The summed E-state index contributed by atoms with van der Waals surface area (Å²) in [5.74, 6) is -2.34. The molecule has 0 atom stereocenters. The molecule has 0 aliphatic rings. The van der Waals surface area contributed by atoms with E-state index in [1.165, 1.54) is 7.11 Å². The number of hydrogen-bond acceptors (Lipinski definition) is 3. The summed E-state index contributed by atoms with van der Waals surface area (Å²) in [5, 5.41) is 10.8. The van der Waals surface area contributed by atoms with Gasteiger partial charge >= 0.3 is 0 Å². The first-order valence-corrected chi connectivity index (χ1v) is 3.61. The van der Waals surface area contributed by atoms with Crippen molar-refractivity contribution in [3.63, 3.8) is 0 Å². The maximum Gasteiger partial charge on any atom is 0.173 e. The average molecular weight is 202 g/mol. The second kappa shape index (κ2) is 3.91. The van der Waals surface area contributed by atoms with E-state index in [9.17, 15) is 8.78 Å². The molecule has 0 aliphatic carbocycles. The first-order chi connectivity index (χ1) is 6.60. The summed E-state index contributed by atoms with van der Waals surface area (Å²) in [6, 6.07) is 1.62. The Morgan fingerprint density at radius 1 is 1.43 bits per heavy atom. The maximum absolute atomic E-state index is 13.1. The van der Waals surface area contributed by atoms with Crippen LogP contribution in [0.4, 0.5) is 8.78 Å². The third-order valence-corrected chi connectivity index (χ3v) is 1.63. The van der Waals surface area contributed by atoms with E-state index in [1.54, 1.807) is 0 Å². The lowest BCUT2D eigenvalue weighted by Gasteiger charge is -2.05. The van der Waals surface area contributed by atoms with Crippen molar-refractivity contribution in [2.75, 3.05) is 7.11 Å². The molecule has 0 saturated carbocycles. The zero-order valence-electron chi connectivity index (χ0n) is 7.29. The van der Waals surface area contributed by atoms with Crippen molar-refractivity contribution < 1.29 is 18.7 Å². The minimum atomic E-state index is -0.821. The maximum atomic E-state index is 13.1. The lowest BCUT2D eigenvalue weighted by atomic mass is 10.2. The van der Waals surface area contributed by atoms with Gasteiger partial charge in [0.2, 0.25) is 0 Å². The van der Waals surface area contributed by atoms with E-state index >= 15 is 0 Å². The Labute approximate surface area is 78.6 Å². The van der Waals surface area contributed by atoms with Gasteiger partial charge in [-0.3, -0.25) is 0 Å². The summed E-state index contributed by atoms with van der Waals surface area (Å²) in [7, 11) is 1.21. The van der Waals surface area contributed by atoms with Gasteiger partial charge in [-0.25, -0.2) is 8.78 Å². The van der Waals surface area contributed by atoms with Gasteiger partial charge in [-0.2, -0.15) is 0 Å². The Morgan fingerprint density at radius 2 is 2.07 bits per heavy atom. The molecule has 0 fully saturated rings. The fraction of sp³-hybridized carbons (Fsp3) is 0.125. The van der Waals surface area contributed by atoms with Crippen LogP contribution in [0.5, 0.6) is 5.75 Å². The standard InChI is InChI=1S/C8H8F2N2O2/c1-14-7-3-5(9)4(2-6(7)10)8(11)12-13/h2-3,13H,1H3,(H2,11,12). The van der Waals surface area contributed by atoms with Crippen LogP contribution in [-0.4, -0.2) is 18.2 Å². The highest BCUT2D eigenvalue weighted by Gasteiger charge is 2.13. The second-order valence-corrected chi connectivity index (χ2v) is 2.45. The molecule has 6 heteroatoms. The summed E-state index contributed by atoms with van der Waals surface area (Å²) in [6.45, 7) is 0. The van der Waals surface area contributed by atoms with Gasteiger partial charge in [-0.05, 0) is 6.07 Å². The Bertz CT molecular complexity index is 380. The molecule has 1 rings (SSSR count). The fourth-order valence-electron chi connectivity index (χ4n) is 0.935. The first-order valence-electron chi connectivity index (χ1n) is 3.61. The van der Waals surface area contributed by atoms with E-state index < -0.39 is 17.5 Å². The molecule has 76 valence electrons. The first kappa shape index (κ1) is 10.2. The molecule has 0 unspecified atom stereocenters. The molecular formula is C8H8F2N2O2. The summed E-state index contributed by atoms with van der Waals surface area (Å²) in [6.07, 6.45) is 0. The van der Waals surface area contributed by atoms with Crippen molar-refractivity contribution in [2.45, 2.75) is 0 Å². The van der Waals surface area contributed by atoms with E-state index in [-0.39, 0.29) is 11.3 Å². The molecule has 0 radical (unpaired) electrons. The number of methoxy groups -OCH3 is 1. The summed E-state index contributed by atoms with van der Waals surface area (Å²) < 4.78 is 30.7. The lowest BCUT2D eigenvalue weighted by molar-refractivity contribution is 0.318. The number of halogens is 2. The number of rotatable bonds is 2. The lowest BCUT2D eigenvalue weighted by Crippen LogP contribution is -2.15. The normalized spacial score (nSPS) is 11.5.